The van der Waals surface area contributed by atoms with Gasteiger partial charge < -0.3 is 19.4 Å². The SMILES string of the molecule is COC(=O)C1(C2CC(c3cc(O)cc(-c4ccc(OCc5ccccc5)cc4)c3)=NO2)CC1. The predicted molar refractivity (Wildman–Crippen MR) is 124 cm³/mol. The summed E-state index contributed by atoms with van der Waals surface area (Å²) in [6, 6.07) is 23.1. The Morgan fingerprint density at radius 3 is 2.45 bits per heavy atom. The van der Waals surface area contributed by atoms with E-state index in [1.165, 1.54) is 7.11 Å². The second-order valence-corrected chi connectivity index (χ2v) is 8.55. The van der Waals surface area contributed by atoms with E-state index in [2.05, 4.69) is 5.16 Å². The van der Waals surface area contributed by atoms with Gasteiger partial charge >= 0.3 is 5.97 Å². The third-order valence-corrected chi connectivity index (χ3v) is 6.35. The van der Waals surface area contributed by atoms with Crippen LogP contribution in [0.3, 0.4) is 0 Å². The fourth-order valence-corrected chi connectivity index (χ4v) is 4.27. The van der Waals surface area contributed by atoms with Gasteiger partial charge in [0.1, 0.15) is 29.6 Å². The number of benzene rings is 3. The second kappa shape index (κ2) is 8.62. The van der Waals surface area contributed by atoms with Crippen molar-refractivity contribution in [2.75, 3.05) is 7.11 Å². The zero-order valence-corrected chi connectivity index (χ0v) is 18.4. The van der Waals surface area contributed by atoms with Gasteiger partial charge in [0.05, 0.1) is 12.8 Å². The average molecular weight is 443 g/mol. The maximum Gasteiger partial charge on any atom is 0.315 e. The largest absolute Gasteiger partial charge is 0.508 e. The number of carbonyl (C=O) groups excluding carboxylic acids is 1. The maximum absolute atomic E-state index is 12.2. The van der Waals surface area contributed by atoms with Crippen LogP contribution < -0.4 is 4.74 Å². The van der Waals surface area contributed by atoms with Crippen LogP contribution in [0.2, 0.25) is 0 Å². The van der Waals surface area contributed by atoms with Crippen LogP contribution in [0, 0.1) is 5.41 Å². The standard InChI is InChI=1S/C27H25NO5/c1-31-26(30)27(11-12-27)25-16-24(28-33-25)21-13-20(14-22(29)15-21)19-7-9-23(10-8-19)32-17-18-5-3-2-4-6-18/h2-10,13-15,25,29H,11-12,16-17H2,1H3. The minimum Gasteiger partial charge on any atom is -0.508 e. The van der Waals surface area contributed by atoms with Crippen molar-refractivity contribution in [1.82, 2.24) is 0 Å². The first-order valence-electron chi connectivity index (χ1n) is 11.0. The molecule has 1 N–H and O–H groups in total. The number of aromatic hydroxyl groups is 1. The van der Waals surface area contributed by atoms with E-state index in [0.717, 1.165) is 46.6 Å². The molecule has 0 bridgehead atoms. The molecule has 0 spiro atoms. The lowest BCUT2D eigenvalue weighted by Crippen LogP contribution is -2.31. The summed E-state index contributed by atoms with van der Waals surface area (Å²) in [7, 11) is 1.40. The fourth-order valence-electron chi connectivity index (χ4n) is 4.27. The summed E-state index contributed by atoms with van der Waals surface area (Å²) in [5.74, 6) is 0.680. The summed E-state index contributed by atoms with van der Waals surface area (Å²) in [5, 5.41) is 14.6. The lowest BCUT2D eigenvalue weighted by atomic mass is 9.92. The van der Waals surface area contributed by atoms with E-state index in [4.69, 9.17) is 14.3 Å². The van der Waals surface area contributed by atoms with Crippen LogP contribution in [-0.4, -0.2) is 30.0 Å². The van der Waals surface area contributed by atoms with Crippen LogP contribution in [-0.2, 0) is 21.0 Å². The minimum atomic E-state index is -0.588. The smallest absolute Gasteiger partial charge is 0.315 e. The molecule has 3 aromatic carbocycles. The normalized spacial score (nSPS) is 18.2. The van der Waals surface area contributed by atoms with Gasteiger partial charge in [-0.3, -0.25) is 4.79 Å². The molecule has 1 heterocycles. The number of hydrogen-bond acceptors (Lipinski definition) is 6. The zero-order valence-electron chi connectivity index (χ0n) is 18.4. The van der Waals surface area contributed by atoms with Gasteiger partial charge in [0.25, 0.3) is 0 Å². The first kappa shape index (κ1) is 21.1. The summed E-state index contributed by atoms with van der Waals surface area (Å²) in [5.41, 5.74) is 3.82. The summed E-state index contributed by atoms with van der Waals surface area (Å²) in [6.45, 7) is 0.504. The molecule has 6 heteroatoms. The Morgan fingerprint density at radius 2 is 1.76 bits per heavy atom. The van der Waals surface area contributed by atoms with Gasteiger partial charge in [-0.25, -0.2) is 0 Å². The molecule has 2 aliphatic rings. The van der Waals surface area contributed by atoms with Crippen molar-refractivity contribution in [1.29, 1.82) is 0 Å². The average Bonchev–Trinajstić information content (AvgIpc) is 3.51. The van der Waals surface area contributed by atoms with Crippen LogP contribution >= 0.6 is 0 Å². The number of nitrogens with zero attached hydrogens (tertiary/aromatic N) is 1. The molecule has 1 aliphatic heterocycles. The molecule has 33 heavy (non-hydrogen) atoms. The van der Waals surface area contributed by atoms with Crippen molar-refractivity contribution in [3.8, 4) is 22.6 Å². The highest BCUT2D eigenvalue weighted by molar-refractivity contribution is 6.03. The highest BCUT2D eigenvalue weighted by Gasteiger charge is 2.60. The van der Waals surface area contributed by atoms with Gasteiger partial charge in [0.15, 0.2) is 0 Å². The third-order valence-electron chi connectivity index (χ3n) is 6.35. The number of rotatable bonds is 7. The number of esters is 1. The Bertz CT molecular complexity index is 1180. The number of phenolic OH excluding ortho intramolecular Hbond substituents is 1. The highest BCUT2D eigenvalue weighted by Crippen LogP contribution is 2.53. The van der Waals surface area contributed by atoms with Gasteiger partial charge in [0, 0.05) is 12.0 Å². The van der Waals surface area contributed by atoms with Crippen LogP contribution in [0.1, 0.15) is 30.4 Å². The molecule has 1 fully saturated rings. The molecule has 6 nitrogen and oxygen atoms in total. The van der Waals surface area contributed by atoms with Crippen molar-refractivity contribution >= 4 is 11.7 Å². The van der Waals surface area contributed by atoms with E-state index in [-0.39, 0.29) is 17.8 Å². The summed E-state index contributed by atoms with van der Waals surface area (Å²) >= 11 is 0. The third kappa shape index (κ3) is 4.29. The van der Waals surface area contributed by atoms with Gasteiger partial charge in [-0.05, 0) is 59.9 Å². The van der Waals surface area contributed by atoms with Crippen molar-refractivity contribution in [3.05, 3.63) is 83.9 Å². The molecule has 5 rings (SSSR count). The van der Waals surface area contributed by atoms with Crippen molar-refractivity contribution in [2.45, 2.75) is 32.0 Å². The molecule has 1 saturated carbocycles. The van der Waals surface area contributed by atoms with E-state index in [1.807, 2.05) is 60.7 Å². The Hall–Kier alpha value is -3.80. The summed E-state index contributed by atoms with van der Waals surface area (Å²) < 4.78 is 10.8. The Balaban J connectivity index is 1.29. The number of methoxy groups -OCH3 is 1. The van der Waals surface area contributed by atoms with E-state index in [0.29, 0.717) is 13.0 Å². The summed E-state index contributed by atoms with van der Waals surface area (Å²) in [6.07, 6.45) is 1.67. The monoisotopic (exact) mass is 443 g/mol. The maximum atomic E-state index is 12.2. The van der Waals surface area contributed by atoms with E-state index >= 15 is 0 Å². The minimum absolute atomic E-state index is 0.146. The van der Waals surface area contributed by atoms with Gasteiger partial charge in [-0.1, -0.05) is 47.6 Å². The van der Waals surface area contributed by atoms with Crippen LogP contribution in [0.15, 0.2) is 78.0 Å². The number of oxime groups is 1. The van der Waals surface area contributed by atoms with Gasteiger partial charge in [0.2, 0.25) is 0 Å². The highest BCUT2D eigenvalue weighted by atomic mass is 16.6. The van der Waals surface area contributed by atoms with E-state index in [9.17, 15) is 9.90 Å². The first-order valence-corrected chi connectivity index (χ1v) is 11.0. The Kier molecular flexibility index (Phi) is 5.50. The van der Waals surface area contributed by atoms with Crippen molar-refractivity contribution < 1.29 is 24.2 Å². The fraction of sp³-hybridized carbons (Fsp3) is 0.259. The molecule has 0 radical (unpaired) electrons. The number of ether oxygens (including phenoxy) is 2. The van der Waals surface area contributed by atoms with E-state index in [1.54, 1.807) is 12.1 Å². The van der Waals surface area contributed by atoms with Gasteiger partial charge in [-0.15, -0.1) is 0 Å². The van der Waals surface area contributed by atoms with Crippen LogP contribution in [0.5, 0.6) is 11.5 Å². The van der Waals surface area contributed by atoms with Crippen molar-refractivity contribution in [2.24, 2.45) is 10.6 Å². The van der Waals surface area contributed by atoms with Gasteiger partial charge in [-0.2, -0.15) is 0 Å². The van der Waals surface area contributed by atoms with Crippen LogP contribution in [0.4, 0.5) is 0 Å². The molecule has 1 atom stereocenters. The molecule has 1 aliphatic carbocycles. The lowest BCUT2D eigenvalue weighted by molar-refractivity contribution is -0.153. The quantitative estimate of drug-likeness (QED) is 0.515. The Morgan fingerprint density at radius 1 is 1.03 bits per heavy atom. The lowest BCUT2D eigenvalue weighted by Gasteiger charge is -2.17. The van der Waals surface area contributed by atoms with Crippen molar-refractivity contribution in [3.63, 3.8) is 0 Å². The second-order valence-electron chi connectivity index (χ2n) is 8.55. The van der Waals surface area contributed by atoms with E-state index < -0.39 is 5.41 Å². The molecule has 0 aromatic heterocycles. The topological polar surface area (TPSA) is 77.4 Å². The van der Waals surface area contributed by atoms with Crippen LogP contribution in [0.25, 0.3) is 11.1 Å². The number of hydrogen-bond donors (Lipinski definition) is 1. The molecular formula is C27H25NO5. The molecular weight excluding hydrogens is 418 g/mol. The molecule has 168 valence electrons. The summed E-state index contributed by atoms with van der Waals surface area (Å²) in [4.78, 5) is 17.8. The number of phenols is 1. The molecule has 0 amide bonds. The molecule has 1 unspecified atom stereocenters. The number of carbonyl (C=O) groups is 1. The molecule has 0 saturated heterocycles. The molecule has 3 aromatic rings. The first-order chi connectivity index (χ1) is 16.1. The predicted octanol–water partition coefficient (Wildman–Crippen LogP) is 5.08. The zero-order chi connectivity index (χ0) is 22.8. The Labute approximate surface area is 192 Å².